The maximum Gasteiger partial charge on any atom is 0.110 e. The van der Waals surface area contributed by atoms with Gasteiger partial charge in [-0.1, -0.05) is 26.0 Å². The Bertz CT molecular complexity index is 246. The lowest BCUT2D eigenvalue weighted by Gasteiger charge is -2.16. The van der Waals surface area contributed by atoms with E-state index < -0.39 is 0 Å². The summed E-state index contributed by atoms with van der Waals surface area (Å²) in [6.07, 6.45) is 4.06. The Kier molecular flexibility index (Phi) is 8.31. The highest BCUT2D eigenvalue weighted by Crippen LogP contribution is 1.99. The highest BCUT2D eigenvalue weighted by atomic mass is 16.5. The Morgan fingerprint density at radius 1 is 1.50 bits per heavy atom. The van der Waals surface area contributed by atoms with Crippen LogP contribution in [0.1, 0.15) is 26.7 Å². The summed E-state index contributed by atoms with van der Waals surface area (Å²) in [4.78, 5) is 6.43. The summed E-state index contributed by atoms with van der Waals surface area (Å²) in [5, 5.41) is 0. The molecule has 0 radical (unpaired) electrons. The van der Waals surface area contributed by atoms with Gasteiger partial charge in [0.2, 0.25) is 0 Å². The van der Waals surface area contributed by atoms with Gasteiger partial charge in [-0.25, -0.2) is 0 Å². The van der Waals surface area contributed by atoms with Crippen LogP contribution in [0.3, 0.4) is 0 Å². The predicted octanol–water partition coefficient (Wildman–Crippen LogP) is 2.85. The first-order valence-electron chi connectivity index (χ1n) is 5.75. The van der Waals surface area contributed by atoms with Crippen LogP contribution in [-0.4, -0.2) is 37.5 Å². The lowest BCUT2D eigenvalue weighted by atomic mass is 10.4. The van der Waals surface area contributed by atoms with E-state index in [9.17, 15) is 0 Å². The minimum Gasteiger partial charge on any atom is -0.497 e. The van der Waals surface area contributed by atoms with Gasteiger partial charge in [0.05, 0.1) is 19.0 Å². The topological polar surface area (TPSA) is 24.8 Å². The number of ether oxygens (including phenoxy) is 1. The van der Waals surface area contributed by atoms with Gasteiger partial charge in [0.1, 0.15) is 5.76 Å². The molecule has 0 saturated carbocycles. The van der Waals surface area contributed by atoms with Crippen molar-refractivity contribution < 1.29 is 4.74 Å². The molecule has 3 heteroatoms. The first kappa shape index (κ1) is 14.8. The van der Waals surface area contributed by atoms with Crippen molar-refractivity contribution in [1.29, 1.82) is 0 Å². The molecule has 92 valence electrons. The second kappa shape index (κ2) is 9.01. The molecule has 16 heavy (non-hydrogen) atoms. The number of aliphatic imine (C=N–C) groups is 1. The average Bonchev–Trinajstić information content (AvgIpc) is 2.26. The molecule has 0 unspecified atom stereocenters. The third kappa shape index (κ3) is 7.10. The molecule has 0 heterocycles. The third-order valence-electron chi connectivity index (χ3n) is 2.24. The average molecular weight is 224 g/mol. The molecule has 0 aromatic rings. The fourth-order valence-electron chi connectivity index (χ4n) is 1.06. The van der Waals surface area contributed by atoms with Crippen LogP contribution in [0.25, 0.3) is 0 Å². The number of hydrogen-bond acceptors (Lipinski definition) is 2. The normalized spacial score (nSPS) is 11.1. The summed E-state index contributed by atoms with van der Waals surface area (Å²) in [6.45, 7) is 13.7. The zero-order chi connectivity index (χ0) is 12.4. The van der Waals surface area contributed by atoms with Crippen LogP contribution >= 0.6 is 0 Å². The monoisotopic (exact) mass is 224 g/mol. The second-order valence-corrected chi connectivity index (χ2v) is 3.77. The largest absolute Gasteiger partial charge is 0.497 e. The molecule has 0 aromatic heterocycles. The Morgan fingerprint density at radius 3 is 2.75 bits per heavy atom. The number of rotatable bonds is 8. The van der Waals surface area contributed by atoms with Crippen LogP contribution in [0.4, 0.5) is 0 Å². The molecule has 3 nitrogen and oxygen atoms in total. The van der Waals surface area contributed by atoms with Crippen molar-refractivity contribution in [3.63, 3.8) is 0 Å². The van der Waals surface area contributed by atoms with Crippen LogP contribution < -0.4 is 0 Å². The fraction of sp³-hybridized carbons (Fsp3) is 0.615. The Morgan fingerprint density at radius 2 is 2.19 bits per heavy atom. The van der Waals surface area contributed by atoms with E-state index in [1.54, 1.807) is 0 Å². The molecule has 0 aliphatic heterocycles. The predicted molar refractivity (Wildman–Crippen MR) is 70.8 cm³/mol. The van der Waals surface area contributed by atoms with Gasteiger partial charge < -0.3 is 9.64 Å². The van der Waals surface area contributed by atoms with Crippen LogP contribution in [0.2, 0.25) is 0 Å². The number of likely N-dealkylation sites (N-methyl/N-ethyl adjacent to an activating group) is 1. The highest BCUT2D eigenvalue weighted by molar-refractivity contribution is 5.79. The molecule has 0 rings (SSSR count). The quantitative estimate of drug-likeness (QED) is 0.208. The Balaban J connectivity index is 3.86. The van der Waals surface area contributed by atoms with E-state index >= 15 is 0 Å². The number of amidine groups is 1. The molecule has 0 bridgehead atoms. The van der Waals surface area contributed by atoms with Crippen LogP contribution in [0, 0.1) is 0 Å². The molecule has 0 aromatic carbocycles. The van der Waals surface area contributed by atoms with Crippen molar-refractivity contribution in [3.05, 3.63) is 25.0 Å². The van der Waals surface area contributed by atoms with Crippen molar-refractivity contribution >= 4 is 5.84 Å². The van der Waals surface area contributed by atoms with Crippen LogP contribution in [0.5, 0.6) is 0 Å². The van der Waals surface area contributed by atoms with Gasteiger partial charge in [0.15, 0.2) is 0 Å². The zero-order valence-corrected chi connectivity index (χ0v) is 10.8. The summed E-state index contributed by atoms with van der Waals surface area (Å²) in [5.41, 5.74) is 0. The Hall–Kier alpha value is -1.25. The van der Waals surface area contributed by atoms with Gasteiger partial charge in [0, 0.05) is 13.6 Å². The number of nitrogens with zero attached hydrogens (tertiary/aromatic N) is 2. The highest BCUT2D eigenvalue weighted by Gasteiger charge is 1.98. The zero-order valence-electron chi connectivity index (χ0n) is 10.8. The van der Waals surface area contributed by atoms with E-state index in [0.717, 1.165) is 37.6 Å². The number of unbranched alkanes of at least 4 members (excludes halogenated alkanes) is 1. The Labute approximate surface area is 99.5 Å². The van der Waals surface area contributed by atoms with E-state index in [-0.39, 0.29) is 0 Å². The summed E-state index contributed by atoms with van der Waals surface area (Å²) >= 11 is 0. The van der Waals surface area contributed by atoms with E-state index in [1.807, 2.05) is 24.9 Å². The lowest BCUT2D eigenvalue weighted by Crippen LogP contribution is -2.24. The van der Waals surface area contributed by atoms with Gasteiger partial charge in [0.25, 0.3) is 0 Å². The SMILES string of the molecule is C=CCN(C)C(C)=NCC(=C)OCCCC. The van der Waals surface area contributed by atoms with E-state index in [4.69, 9.17) is 4.74 Å². The van der Waals surface area contributed by atoms with Gasteiger partial charge in [-0.2, -0.15) is 0 Å². The van der Waals surface area contributed by atoms with Gasteiger partial charge in [-0.05, 0) is 13.3 Å². The smallest absolute Gasteiger partial charge is 0.110 e. The van der Waals surface area contributed by atoms with Gasteiger partial charge >= 0.3 is 0 Å². The summed E-state index contributed by atoms with van der Waals surface area (Å²) in [6, 6.07) is 0. The molecule has 0 fully saturated rings. The third-order valence-corrected chi connectivity index (χ3v) is 2.24. The maximum atomic E-state index is 5.43. The van der Waals surface area contributed by atoms with Gasteiger partial charge in [-0.15, -0.1) is 6.58 Å². The molecular formula is C13H24N2O. The molecule has 0 saturated heterocycles. The van der Waals surface area contributed by atoms with Crippen molar-refractivity contribution in [2.75, 3.05) is 26.7 Å². The summed E-state index contributed by atoms with van der Waals surface area (Å²) in [5.74, 6) is 1.71. The first-order valence-corrected chi connectivity index (χ1v) is 5.75. The standard InChI is InChI=1S/C13H24N2O/c1-6-8-10-16-12(3)11-14-13(4)15(5)9-7-2/h7H,2-3,6,8-11H2,1,4-5H3. The van der Waals surface area contributed by atoms with Gasteiger partial charge in [-0.3, -0.25) is 4.99 Å². The minimum atomic E-state index is 0.539. The lowest BCUT2D eigenvalue weighted by molar-refractivity contribution is 0.206. The molecule has 0 aliphatic rings. The molecular weight excluding hydrogens is 200 g/mol. The first-order chi connectivity index (χ1) is 7.61. The molecule has 0 aliphatic carbocycles. The van der Waals surface area contributed by atoms with E-state index in [2.05, 4.69) is 25.1 Å². The van der Waals surface area contributed by atoms with E-state index in [0.29, 0.717) is 6.54 Å². The van der Waals surface area contributed by atoms with Crippen LogP contribution in [-0.2, 0) is 4.74 Å². The van der Waals surface area contributed by atoms with Crippen molar-refractivity contribution in [3.8, 4) is 0 Å². The fourth-order valence-corrected chi connectivity index (χ4v) is 1.06. The molecule has 0 atom stereocenters. The van der Waals surface area contributed by atoms with Crippen molar-refractivity contribution in [2.45, 2.75) is 26.7 Å². The maximum absolute atomic E-state index is 5.43. The molecule has 0 amide bonds. The number of hydrogen-bond donors (Lipinski definition) is 0. The second-order valence-electron chi connectivity index (χ2n) is 3.77. The van der Waals surface area contributed by atoms with Crippen molar-refractivity contribution in [1.82, 2.24) is 4.90 Å². The summed E-state index contributed by atoms with van der Waals surface area (Å²) in [7, 11) is 1.99. The minimum absolute atomic E-state index is 0.539. The van der Waals surface area contributed by atoms with Crippen LogP contribution in [0.15, 0.2) is 30.0 Å². The molecule has 0 spiro atoms. The summed E-state index contributed by atoms with van der Waals surface area (Å²) < 4.78 is 5.43. The van der Waals surface area contributed by atoms with Crippen molar-refractivity contribution in [2.24, 2.45) is 4.99 Å². The molecule has 0 N–H and O–H groups in total. The van der Waals surface area contributed by atoms with E-state index in [1.165, 1.54) is 0 Å².